The summed E-state index contributed by atoms with van der Waals surface area (Å²) in [5.41, 5.74) is 1.32. The van der Waals surface area contributed by atoms with E-state index in [-0.39, 0.29) is 30.2 Å². The Kier molecular flexibility index (Phi) is 6.17. The lowest BCUT2D eigenvalue weighted by atomic mass is 10.0. The van der Waals surface area contributed by atoms with E-state index in [1.807, 2.05) is 17.5 Å². The van der Waals surface area contributed by atoms with Crippen molar-refractivity contribution < 1.29 is 24.0 Å². The molecule has 1 aromatic rings. The number of rotatable bonds is 7. The molecular weight excluding hydrogens is 390 g/mol. The maximum Gasteiger partial charge on any atom is 0.302 e. The zero-order valence-electron chi connectivity index (χ0n) is 14.8. The molecule has 2 aliphatic rings. The van der Waals surface area contributed by atoms with Gasteiger partial charge in [-0.05, 0) is 11.4 Å². The highest BCUT2D eigenvalue weighted by molar-refractivity contribution is 8.00. The van der Waals surface area contributed by atoms with Crippen LogP contribution < -0.4 is 5.32 Å². The van der Waals surface area contributed by atoms with Crippen LogP contribution in [0.1, 0.15) is 11.8 Å². The van der Waals surface area contributed by atoms with Crippen LogP contribution in [0, 0.1) is 0 Å². The van der Waals surface area contributed by atoms with E-state index in [1.54, 1.807) is 4.90 Å². The molecule has 2 atom stereocenters. The lowest BCUT2D eigenvalue weighted by molar-refractivity contribution is -0.145. The van der Waals surface area contributed by atoms with E-state index in [9.17, 15) is 14.4 Å². The molecule has 2 aliphatic heterocycles. The number of carbonyl (C=O) groups excluding carboxylic acids is 3. The van der Waals surface area contributed by atoms with Crippen LogP contribution in [0.2, 0.25) is 0 Å². The number of carbonyl (C=O) groups is 3. The molecule has 0 radical (unpaired) electrons. The van der Waals surface area contributed by atoms with Gasteiger partial charge in [0.2, 0.25) is 5.91 Å². The van der Waals surface area contributed by atoms with Gasteiger partial charge in [-0.1, -0.05) is 11.2 Å². The smallest absolute Gasteiger partial charge is 0.302 e. The molecule has 0 aromatic carbocycles. The van der Waals surface area contributed by atoms with Crippen LogP contribution in [0.15, 0.2) is 33.9 Å². The number of ether oxygens (including phenoxy) is 1. The second kappa shape index (κ2) is 8.57. The molecule has 1 N–H and O–H groups in total. The predicted molar refractivity (Wildman–Crippen MR) is 102 cm³/mol. The SMILES string of the molecule is CO/N=C/C1=C(COC(C)=O)CS[C@@H]2[C@H](NC(=O)Cc3cccs3)C(=O)N12. The normalized spacial score (nSPS) is 21.7. The van der Waals surface area contributed by atoms with Gasteiger partial charge in [-0.2, -0.15) is 0 Å². The van der Waals surface area contributed by atoms with Gasteiger partial charge in [0.15, 0.2) is 0 Å². The van der Waals surface area contributed by atoms with Gasteiger partial charge >= 0.3 is 5.97 Å². The van der Waals surface area contributed by atoms with Gasteiger partial charge in [-0.25, -0.2) is 0 Å². The van der Waals surface area contributed by atoms with Gasteiger partial charge in [0.05, 0.1) is 18.3 Å². The van der Waals surface area contributed by atoms with Crippen molar-refractivity contribution in [1.29, 1.82) is 0 Å². The van der Waals surface area contributed by atoms with Crippen LogP contribution in [0.5, 0.6) is 0 Å². The number of esters is 1. The molecule has 0 saturated carbocycles. The summed E-state index contributed by atoms with van der Waals surface area (Å²) in [6.45, 7) is 1.41. The zero-order valence-corrected chi connectivity index (χ0v) is 16.5. The molecule has 0 unspecified atom stereocenters. The first-order valence-electron chi connectivity index (χ1n) is 8.19. The Balaban J connectivity index is 1.69. The molecule has 1 saturated heterocycles. The standard InChI is InChI=1S/C17H19N3O5S2/c1-10(21)25-8-11-9-27-17-15(16(23)20(17)13(11)7-18-24-2)19-14(22)6-12-4-3-5-26-12/h3-5,7,15,17H,6,8-9H2,1-2H3,(H,19,22)/b18-7+/t15-,17-/m1/s1. The highest BCUT2D eigenvalue weighted by Gasteiger charge is 2.52. The zero-order chi connectivity index (χ0) is 19.4. The molecule has 1 aromatic heterocycles. The van der Waals surface area contributed by atoms with Gasteiger partial charge in [0.1, 0.15) is 25.1 Å². The highest BCUT2D eigenvalue weighted by Crippen LogP contribution is 2.39. The number of oxime groups is 1. The van der Waals surface area contributed by atoms with Crippen molar-refractivity contribution in [2.75, 3.05) is 19.5 Å². The summed E-state index contributed by atoms with van der Waals surface area (Å²) in [6.07, 6.45) is 1.69. The number of fused-ring (bicyclic) bond motifs is 1. The second-order valence-electron chi connectivity index (χ2n) is 5.90. The summed E-state index contributed by atoms with van der Waals surface area (Å²) in [5, 5.41) is 8.26. The van der Waals surface area contributed by atoms with Crippen LogP contribution >= 0.6 is 23.1 Å². The molecule has 1 fully saturated rings. The van der Waals surface area contributed by atoms with Crippen LogP contribution in [-0.4, -0.2) is 59.8 Å². The van der Waals surface area contributed by atoms with E-state index in [2.05, 4.69) is 10.5 Å². The van der Waals surface area contributed by atoms with E-state index >= 15 is 0 Å². The molecule has 0 aliphatic carbocycles. The first kappa shape index (κ1) is 19.4. The van der Waals surface area contributed by atoms with Gasteiger partial charge < -0.3 is 14.9 Å². The quantitative estimate of drug-likeness (QED) is 0.314. The van der Waals surface area contributed by atoms with Crippen molar-refractivity contribution in [1.82, 2.24) is 10.2 Å². The number of nitrogens with zero attached hydrogens (tertiary/aromatic N) is 2. The van der Waals surface area contributed by atoms with Crippen molar-refractivity contribution in [2.24, 2.45) is 5.16 Å². The Labute approximate surface area is 164 Å². The second-order valence-corrected chi connectivity index (χ2v) is 8.03. The number of hydrogen-bond donors (Lipinski definition) is 1. The van der Waals surface area contributed by atoms with Crippen molar-refractivity contribution in [3.8, 4) is 0 Å². The highest BCUT2D eigenvalue weighted by atomic mass is 32.2. The number of thiophene rings is 1. The van der Waals surface area contributed by atoms with Gasteiger partial charge in [0.25, 0.3) is 5.91 Å². The Hall–Kier alpha value is -2.33. The third kappa shape index (κ3) is 4.33. The molecule has 27 heavy (non-hydrogen) atoms. The largest absolute Gasteiger partial charge is 0.461 e. The molecule has 3 rings (SSSR count). The monoisotopic (exact) mass is 409 g/mol. The van der Waals surface area contributed by atoms with Crippen molar-refractivity contribution in [3.63, 3.8) is 0 Å². The van der Waals surface area contributed by atoms with Gasteiger partial charge in [-0.15, -0.1) is 23.1 Å². The lowest BCUT2D eigenvalue weighted by Crippen LogP contribution is -2.70. The third-order valence-corrected chi connectivity index (χ3v) is 6.27. The summed E-state index contributed by atoms with van der Waals surface area (Å²) in [6, 6.07) is 3.19. The molecule has 3 heterocycles. The summed E-state index contributed by atoms with van der Waals surface area (Å²) >= 11 is 3.02. The average molecular weight is 409 g/mol. The molecule has 10 heteroatoms. The number of amides is 2. The fourth-order valence-corrected chi connectivity index (χ4v) is 4.86. The molecule has 8 nitrogen and oxygen atoms in total. The Morgan fingerprint density at radius 1 is 1.48 bits per heavy atom. The topological polar surface area (TPSA) is 97.3 Å². The minimum Gasteiger partial charge on any atom is -0.461 e. The number of hydrogen-bond acceptors (Lipinski definition) is 8. The summed E-state index contributed by atoms with van der Waals surface area (Å²) in [5.74, 6) is -0.238. The maximum absolute atomic E-state index is 12.6. The lowest BCUT2D eigenvalue weighted by Gasteiger charge is -2.49. The number of β-lactam (4-membered cyclic amide) rings is 1. The summed E-state index contributed by atoms with van der Waals surface area (Å²) in [7, 11) is 1.41. The Morgan fingerprint density at radius 2 is 2.30 bits per heavy atom. The number of thioether (sulfide) groups is 1. The van der Waals surface area contributed by atoms with E-state index in [0.29, 0.717) is 11.4 Å². The maximum atomic E-state index is 12.6. The Morgan fingerprint density at radius 3 is 2.96 bits per heavy atom. The molecule has 144 valence electrons. The molecule has 0 spiro atoms. The fourth-order valence-electron chi connectivity index (χ4n) is 2.81. The van der Waals surface area contributed by atoms with Crippen LogP contribution in [-0.2, 0) is 30.4 Å². The third-order valence-electron chi connectivity index (χ3n) is 4.05. The van der Waals surface area contributed by atoms with Crippen LogP contribution in [0.3, 0.4) is 0 Å². The van der Waals surface area contributed by atoms with E-state index in [4.69, 9.17) is 9.57 Å². The van der Waals surface area contributed by atoms with Crippen LogP contribution in [0.25, 0.3) is 0 Å². The van der Waals surface area contributed by atoms with Crippen molar-refractivity contribution in [2.45, 2.75) is 24.8 Å². The minimum absolute atomic E-state index is 0.0826. The summed E-state index contributed by atoms with van der Waals surface area (Å²) in [4.78, 5) is 43.2. The first-order chi connectivity index (χ1) is 13.0. The Bertz CT molecular complexity index is 790. The van der Waals surface area contributed by atoms with Crippen LogP contribution in [0.4, 0.5) is 0 Å². The number of nitrogens with one attached hydrogen (secondary N) is 1. The first-order valence-corrected chi connectivity index (χ1v) is 10.1. The molecular formula is C17H19N3O5S2. The average Bonchev–Trinajstić information content (AvgIpc) is 3.15. The molecule has 2 amide bonds. The predicted octanol–water partition coefficient (Wildman–Crippen LogP) is 1.14. The van der Waals surface area contributed by atoms with E-state index in [1.165, 1.54) is 43.3 Å². The summed E-state index contributed by atoms with van der Waals surface area (Å²) < 4.78 is 5.07. The van der Waals surface area contributed by atoms with Crippen molar-refractivity contribution in [3.05, 3.63) is 33.7 Å². The van der Waals surface area contributed by atoms with Gasteiger partial charge in [0, 0.05) is 23.1 Å². The fraction of sp³-hybridized carbons (Fsp3) is 0.412. The van der Waals surface area contributed by atoms with E-state index in [0.717, 1.165) is 10.5 Å². The molecule has 0 bridgehead atoms. The van der Waals surface area contributed by atoms with Crippen molar-refractivity contribution >= 4 is 47.1 Å². The minimum atomic E-state index is -0.580. The van der Waals surface area contributed by atoms with E-state index < -0.39 is 12.0 Å². The number of allylic oxidation sites excluding steroid dienone is 1. The van der Waals surface area contributed by atoms with Gasteiger partial charge in [-0.3, -0.25) is 19.3 Å².